The van der Waals surface area contributed by atoms with Gasteiger partial charge in [-0.05, 0) is 101 Å². The Hall–Kier alpha value is -4.63. The first-order valence-corrected chi connectivity index (χ1v) is 14.9. The van der Waals surface area contributed by atoms with Crippen LogP contribution in [0, 0.1) is 5.82 Å². The summed E-state index contributed by atoms with van der Waals surface area (Å²) in [6, 6.07) is 25.8. The van der Waals surface area contributed by atoms with Crippen molar-refractivity contribution < 1.29 is 14.0 Å². The summed E-state index contributed by atoms with van der Waals surface area (Å²) >= 11 is 8.86. The molecule has 0 aliphatic carbocycles. The summed E-state index contributed by atoms with van der Waals surface area (Å²) in [6.45, 7) is 0. The molecule has 6 aromatic rings. The van der Waals surface area contributed by atoms with E-state index in [1.165, 1.54) is 29.5 Å². The van der Waals surface area contributed by atoms with Gasteiger partial charge in [0.15, 0.2) is 5.78 Å². The van der Waals surface area contributed by atoms with Crippen molar-refractivity contribution in [1.82, 2.24) is 4.98 Å². The predicted molar refractivity (Wildman–Crippen MR) is 172 cm³/mol. The van der Waals surface area contributed by atoms with E-state index in [0.29, 0.717) is 42.7 Å². The number of anilines is 2. The van der Waals surface area contributed by atoms with E-state index in [-0.39, 0.29) is 11.6 Å². The number of carbonyl (C=O) groups excluding carboxylic acids is 2. The zero-order valence-corrected chi connectivity index (χ0v) is 24.2. The Balaban J connectivity index is 1.32. The van der Waals surface area contributed by atoms with Crippen molar-refractivity contribution in [1.29, 1.82) is 0 Å². The van der Waals surface area contributed by atoms with E-state index in [4.69, 9.17) is 22.3 Å². The van der Waals surface area contributed by atoms with Crippen molar-refractivity contribution in [2.24, 2.45) is 0 Å². The second-order valence-corrected chi connectivity index (χ2v) is 11.8. The summed E-state index contributed by atoms with van der Waals surface area (Å²) in [4.78, 5) is 32.6. The number of benzene rings is 3. The average molecular weight is 610 g/mol. The van der Waals surface area contributed by atoms with E-state index in [9.17, 15) is 14.0 Å². The van der Waals surface area contributed by atoms with Crippen molar-refractivity contribution in [3.05, 3.63) is 129 Å². The lowest BCUT2D eigenvalue weighted by molar-refractivity contribution is 0.102. The van der Waals surface area contributed by atoms with E-state index in [2.05, 4.69) is 5.32 Å². The molecule has 1 amide bonds. The van der Waals surface area contributed by atoms with Crippen LogP contribution in [0.3, 0.4) is 0 Å². The van der Waals surface area contributed by atoms with Crippen LogP contribution in [0.1, 0.15) is 24.9 Å². The molecule has 0 radical (unpaired) electrons. The molecule has 0 unspecified atom stereocenters. The van der Waals surface area contributed by atoms with Crippen molar-refractivity contribution in [2.45, 2.75) is 0 Å². The number of hydrogen-bond acceptors (Lipinski definition) is 6. The zero-order valence-electron chi connectivity index (χ0n) is 21.8. The van der Waals surface area contributed by atoms with E-state index < -0.39 is 5.91 Å². The molecule has 5 nitrogen and oxygen atoms in total. The molecule has 3 heterocycles. The number of aromatic nitrogens is 1. The number of pyridine rings is 1. The number of thiophene rings is 2. The summed E-state index contributed by atoms with van der Waals surface area (Å²) in [5.41, 5.74) is 10.9. The minimum absolute atomic E-state index is 0.132. The van der Waals surface area contributed by atoms with Crippen LogP contribution < -0.4 is 11.1 Å². The van der Waals surface area contributed by atoms with Gasteiger partial charge in [-0.3, -0.25) is 9.59 Å². The molecule has 3 aromatic carbocycles. The molecule has 0 spiro atoms. The maximum absolute atomic E-state index is 13.6. The second-order valence-electron chi connectivity index (χ2n) is 9.34. The number of halogens is 2. The number of nitrogens with two attached hydrogens (primary N) is 1. The molecule has 0 saturated heterocycles. The van der Waals surface area contributed by atoms with E-state index in [1.807, 2.05) is 35.7 Å². The summed E-state index contributed by atoms with van der Waals surface area (Å²) < 4.78 is 13.6. The van der Waals surface area contributed by atoms with Crippen LogP contribution in [0.15, 0.2) is 102 Å². The third-order valence-corrected chi connectivity index (χ3v) is 8.76. The normalized spacial score (nSPS) is 11.3. The monoisotopic (exact) mass is 609 g/mol. The number of carbonyl (C=O) groups is 2. The van der Waals surface area contributed by atoms with Gasteiger partial charge in [-0.2, -0.15) is 0 Å². The number of ketones is 1. The fraction of sp³-hybridized carbons (Fsp3) is 0. The Labute approximate surface area is 253 Å². The minimum Gasteiger partial charge on any atom is -0.397 e. The van der Waals surface area contributed by atoms with Crippen LogP contribution >= 0.6 is 34.3 Å². The Kier molecular flexibility index (Phi) is 7.67. The van der Waals surface area contributed by atoms with Gasteiger partial charge < -0.3 is 11.1 Å². The van der Waals surface area contributed by atoms with Gasteiger partial charge in [0.2, 0.25) is 0 Å². The molecular weight excluding hydrogens is 589 g/mol. The zero-order chi connectivity index (χ0) is 29.2. The lowest BCUT2D eigenvalue weighted by Gasteiger charge is -2.09. The molecule has 9 heteroatoms. The molecule has 3 N–H and O–H groups in total. The first-order valence-electron chi connectivity index (χ1n) is 12.8. The summed E-state index contributed by atoms with van der Waals surface area (Å²) in [5.74, 6) is -0.866. The Morgan fingerprint density at radius 2 is 1.64 bits per heavy atom. The molecule has 3 aromatic heterocycles. The molecule has 206 valence electrons. The number of nitrogens with one attached hydrogen (secondary N) is 1. The molecule has 0 aliphatic heterocycles. The Bertz CT molecular complexity index is 1950. The number of allylic oxidation sites excluding steroid dienone is 1. The first-order chi connectivity index (χ1) is 20.4. The summed E-state index contributed by atoms with van der Waals surface area (Å²) in [6.07, 6.45) is 3.31. The quantitative estimate of drug-likeness (QED) is 0.140. The summed E-state index contributed by atoms with van der Waals surface area (Å²) in [5, 5.41) is 6.07. The summed E-state index contributed by atoms with van der Waals surface area (Å²) in [7, 11) is 0. The minimum atomic E-state index is -0.391. The lowest BCUT2D eigenvalue weighted by atomic mass is 9.99. The highest BCUT2D eigenvalue weighted by Gasteiger charge is 2.22. The third kappa shape index (κ3) is 5.73. The maximum Gasteiger partial charge on any atom is 0.267 e. The van der Waals surface area contributed by atoms with E-state index in [1.54, 1.807) is 65.9 Å². The van der Waals surface area contributed by atoms with Crippen molar-refractivity contribution in [3.63, 3.8) is 0 Å². The van der Waals surface area contributed by atoms with Gasteiger partial charge >= 0.3 is 0 Å². The smallest absolute Gasteiger partial charge is 0.267 e. The van der Waals surface area contributed by atoms with Crippen LogP contribution in [-0.2, 0) is 0 Å². The number of amides is 1. The maximum atomic E-state index is 13.6. The van der Waals surface area contributed by atoms with Crippen LogP contribution in [0.2, 0.25) is 5.02 Å². The Morgan fingerprint density at radius 1 is 0.929 bits per heavy atom. The van der Waals surface area contributed by atoms with Gasteiger partial charge in [0, 0.05) is 32.1 Å². The Morgan fingerprint density at radius 3 is 2.33 bits per heavy atom. The van der Waals surface area contributed by atoms with Crippen molar-refractivity contribution >= 4 is 73.6 Å². The topological polar surface area (TPSA) is 85.1 Å². The van der Waals surface area contributed by atoms with Gasteiger partial charge in [0.1, 0.15) is 15.5 Å². The molecule has 0 saturated carbocycles. The molecule has 0 fully saturated rings. The molecular formula is C33H21ClFN3O2S2. The first kappa shape index (κ1) is 27.5. The SMILES string of the molecule is Nc1c(C(=O)Nc2ccc(C(=O)/C=C/c3cccs3)cc2)sc2nc(-c3ccc(F)cc3)cc(-c3ccc(Cl)cc3)c12. The molecule has 0 aliphatic rings. The fourth-order valence-electron chi connectivity index (χ4n) is 4.46. The second kappa shape index (κ2) is 11.7. The van der Waals surface area contributed by atoms with Crippen molar-refractivity contribution in [2.75, 3.05) is 11.1 Å². The van der Waals surface area contributed by atoms with E-state index in [0.717, 1.165) is 21.6 Å². The number of hydrogen-bond donors (Lipinski definition) is 2. The van der Waals surface area contributed by atoms with Gasteiger partial charge in [-0.1, -0.05) is 29.8 Å². The lowest BCUT2D eigenvalue weighted by Crippen LogP contribution is -2.12. The fourth-order valence-corrected chi connectivity index (χ4v) is 6.22. The number of fused-ring (bicyclic) bond motifs is 1. The number of rotatable bonds is 7. The standard InChI is InChI=1S/C33H21ClFN3O2S2/c34-22-9-3-19(4-10-22)26-18-27(20-5-11-23(35)12-6-20)38-33-29(26)30(36)31(42-33)32(40)37-24-13-7-21(8-14-24)28(39)16-15-25-2-1-17-41-25/h1-18H,36H2,(H,37,40)/b16-15+. The highest BCUT2D eigenvalue weighted by atomic mass is 35.5. The highest BCUT2D eigenvalue weighted by molar-refractivity contribution is 7.21. The van der Waals surface area contributed by atoms with Crippen molar-refractivity contribution in [3.8, 4) is 22.4 Å². The molecule has 42 heavy (non-hydrogen) atoms. The van der Waals surface area contributed by atoms with Gasteiger partial charge in [-0.25, -0.2) is 9.37 Å². The van der Waals surface area contributed by atoms with Crippen LogP contribution in [-0.4, -0.2) is 16.7 Å². The largest absolute Gasteiger partial charge is 0.397 e. The molecule has 0 bridgehead atoms. The third-order valence-electron chi connectivity index (χ3n) is 6.57. The van der Waals surface area contributed by atoms with Crippen LogP contribution in [0.25, 0.3) is 38.7 Å². The average Bonchev–Trinajstić information content (AvgIpc) is 3.64. The van der Waals surface area contributed by atoms with Gasteiger partial charge in [0.25, 0.3) is 5.91 Å². The van der Waals surface area contributed by atoms with E-state index >= 15 is 0 Å². The van der Waals surface area contributed by atoms with Crippen LogP contribution in [0.4, 0.5) is 15.8 Å². The number of nitrogen functional groups attached to an aromatic ring is 1. The van der Waals surface area contributed by atoms with Gasteiger partial charge in [-0.15, -0.1) is 22.7 Å². The predicted octanol–water partition coefficient (Wildman–Crippen LogP) is 9.21. The molecule has 6 rings (SSSR count). The van der Waals surface area contributed by atoms with Crippen LogP contribution in [0.5, 0.6) is 0 Å². The highest BCUT2D eigenvalue weighted by Crippen LogP contribution is 2.41. The molecule has 0 atom stereocenters. The van der Waals surface area contributed by atoms with Gasteiger partial charge in [0.05, 0.1) is 11.4 Å². The number of nitrogens with zero attached hydrogens (tertiary/aromatic N) is 1.